The second kappa shape index (κ2) is 11.5. The van der Waals surface area contributed by atoms with Crippen molar-refractivity contribution in [3.8, 4) is 17.2 Å². The number of esters is 2. The van der Waals surface area contributed by atoms with Gasteiger partial charge in [-0.3, -0.25) is 14.4 Å². The van der Waals surface area contributed by atoms with Crippen molar-refractivity contribution in [3.63, 3.8) is 0 Å². The molecule has 2 aromatic carbocycles. The fraction of sp³-hybridized carbons (Fsp3) is 0.469. The molecule has 0 amide bonds. The third kappa shape index (κ3) is 8.57. The molecule has 0 atom stereocenters. The van der Waals surface area contributed by atoms with Crippen molar-refractivity contribution in [2.24, 2.45) is 10.8 Å². The quantitative estimate of drug-likeness (QED) is 0.161. The van der Waals surface area contributed by atoms with Crippen LogP contribution in [-0.2, 0) is 15.0 Å². The molecular weight excluding hydrogens is 480 g/mol. The van der Waals surface area contributed by atoms with Crippen molar-refractivity contribution in [1.29, 1.82) is 0 Å². The summed E-state index contributed by atoms with van der Waals surface area (Å²) in [7, 11) is 0. The number of carbonyl (C=O) groups is 3. The van der Waals surface area contributed by atoms with Gasteiger partial charge in [0.15, 0.2) is 5.78 Å². The Balaban J connectivity index is 2.42. The van der Waals surface area contributed by atoms with Crippen LogP contribution in [0.5, 0.6) is 17.2 Å². The summed E-state index contributed by atoms with van der Waals surface area (Å²) in [5.41, 5.74) is 0.345. The van der Waals surface area contributed by atoms with Gasteiger partial charge in [0.2, 0.25) is 0 Å². The summed E-state index contributed by atoms with van der Waals surface area (Å²) in [6.07, 6.45) is 3.05. The van der Waals surface area contributed by atoms with Crippen molar-refractivity contribution < 1.29 is 28.6 Å². The van der Waals surface area contributed by atoms with Crippen LogP contribution in [0, 0.1) is 10.8 Å². The van der Waals surface area contributed by atoms with Gasteiger partial charge in [0.05, 0.1) is 16.9 Å². The number of hydrogen-bond donors (Lipinski definition) is 0. The zero-order valence-corrected chi connectivity index (χ0v) is 24.6. The first-order chi connectivity index (χ1) is 17.3. The fourth-order valence-electron chi connectivity index (χ4n) is 3.20. The Kier molecular flexibility index (Phi) is 9.36. The van der Waals surface area contributed by atoms with Crippen LogP contribution in [0.25, 0.3) is 6.08 Å². The molecule has 6 heteroatoms. The van der Waals surface area contributed by atoms with Crippen molar-refractivity contribution in [2.45, 2.75) is 87.7 Å². The lowest BCUT2D eigenvalue weighted by Gasteiger charge is -2.26. The van der Waals surface area contributed by atoms with Gasteiger partial charge in [0.1, 0.15) is 17.2 Å². The monoisotopic (exact) mass is 522 g/mol. The lowest BCUT2D eigenvalue weighted by molar-refractivity contribution is -0.143. The van der Waals surface area contributed by atoms with E-state index in [-0.39, 0.29) is 29.2 Å². The van der Waals surface area contributed by atoms with E-state index in [9.17, 15) is 14.4 Å². The molecule has 2 aromatic rings. The summed E-state index contributed by atoms with van der Waals surface area (Å²) >= 11 is 0. The van der Waals surface area contributed by atoms with Crippen molar-refractivity contribution in [1.82, 2.24) is 0 Å². The standard InChI is InChI=1S/C32H42O6/c1-20(2)36-26-19-27(38-29(35)32(9,10)11)24(30(3,4)5)18-22(26)14-17-25(33)21-12-15-23(16-13-21)37-28(34)31(6,7)8/h12-20H,1-11H3/b17-14+. The molecule has 0 heterocycles. The number of ketones is 1. The van der Waals surface area contributed by atoms with E-state index in [1.54, 1.807) is 78.0 Å². The zero-order valence-electron chi connectivity index (χ0n) is 24.6. The predicted octanol–water partition coefficient (Wildman–Crippen LogP) is 7.57. The molecule has 0 aromatic heterocycles. The van der Waals surface area contributed by atoms with E-state index >= 15 is 0 Å². The minimum atomic E-state index is -0.667. The molecule has 0 radical (unpaired) electrons. The maximum atomic E-state index is 12.9. The molecule has 206 valence electrons. The molecule has 0 aliphatic heterocycles. The number of ether oxygens (including phenoxy) is 3. The minimum absolute atomic E-state index is 0.132. The molecule has 0 aliphatic carbocycles. The summed E-state index contributed by atoms with van der Waals surface area (Å²) in [5.74, 6) is 0.437. The molecule has 2 rings (SSSR count). The SMILES string of the molecule is CC(C)Oc1cc(OC(=O)C(C)(C)C)c(C(C)(C)C)cc1/C=C/C(=O)c1ccc(OC(=O)C(C)(C)C)cc1. The van der Waals surface area contributed by atoms with Gasteiger partial charge in [-0.25, -0.2) is 0 Å². The van der Waals surface area contributed by atoms with E-state index in [2.05, 4.69) is 0 Å². The predicted molar refractivity (Wildman–Crippen MR) is 151 cm³/mol. The van der Waals surface area contributed by atoms with Crippen LogP contribution in [0.3, 0.4) is 0 Å². The molecule has 0 bridgehead atoms. The third-order valence-corrected chi connectivity index (χ3v) is 5.47. The lowest BCUT2D eigenvalue weighted by Crippen LogP contribution is -2.27. The summed E-state index contributed by atoms with van der Waals surface area (Å²) in [5, 5.41) is 0. The molecule has 38 heavy (non-hydrogen) atoms. The smallest absolute Gasteiger partial charge is 0.316 e. The fourth-order valence-corrected chi connectivity index (χ4v) is 3.20. The van der Waals surface area contributed by atoms with Crippen molar-refractivity contribution in [2.75, 3.05) is 0 Å². The first kappa shape index (κ1) is 30.8. The Morgan fingerprint density at radius 3 is 1.74 bits per heavy atom. The molecule has 0 aliphatic rings. The maximum Gasteiger partial charge on any atom is 0.316 e. The molecule has 0 N–H and O–H groups in total. The lowest BCUT2D eigenvalue weighted by atomic mass is 9.85. The van der Waals surface area contributed by atoms with Crippen LogP contribution in [0.1, 0.15) is 97.6 Å². The van der Waals surface area contributed by atoms with Gasteiger partial charge < -0.3 is 14.2 Å². The minimum Gasteiger partial charge on any atom is -0.490 e. The van der Waals surface area contributed by atoms with Crippen LogP contribution in [0.2, 0.25) is 0 Å². The summed E-state index contributed by atoms with van der Waals surface area (Å²) in [6.45, 7) is 20.7. The van der Waals surface area contributed by atoms with Crippen LogP contribution >= 0.6 is 0 Å². The second-order valence-electron chi connectivity index (χ2n) is 12.8. The Morgan fingerprint density at radius 1 is 0.737 bits per heavy atom. The molecule has 6 nitrogen and oxygen atoms in total. The van der Waals surface area contributed by atoms with Crippen molar-refractivity contribution >= 4 is 23.8 Å². The average Bonchev–Trinajstić information content (AvgIpc) is 2.76. The molecule has 0 spiro atoms. The van der Waals surface area contributed by atoms with Gasteiger partial charge in [-0.2, -0.15) is 0 Å². The van der Waals surface area contributed by atoms with E-state index in [1.165, 1.54) is 6.08 Å². The first-order valence-electron chi connectivity index (χ1n) is 12.9. The van der Waals surface area contributed by atoms with Crippen LogP contribution in [0.15, 0.2) is 42.5 Å². The second-order valence-corrected chi connectivity index (χ2v) is 12.8. The molecular formula is C32H42O6. The van der Waals surface area contributed by atoms with E-state index in [4.69, 9.17) is 14.2 Å². The van der Waals surface area contributed by atoms with Crippen LogP contribution in [-0.4, -0.2) is 23.8 Å². The highest BCUT2D eigenvalue weighted by Crippen LogP contribution is 2.39. The summed E-state index contributed by atoms with van der Waals surface area (Å²) in [6, 6.07) is 10.1. The van der Waals surface area contributed by atoms with Crippen LogP contribution < -0.4 is 14.2 Å². The maximum absolute atomic E-state index is 12.9. The number of carbonyl (C=O) groups excluding carboxylic acids is 3. The largest absolute Gasteiger partial charge is 0.490 e. The summed E-state index contributed by atoms with van der Waals surface area (Å²) in [4.78, 5) is 37.7. The van der Waals surface area contributed by atoms with Crippen LogP contribution in [0.4, 0.5) is 0 Å². The van der Waals surface area contributed by atoms with Gasteiger partial charge in [0.25, 0.3) is 0 Å². The Hall–Kier alpha value is -3.41. The van der Waals surface area contributed by atoms with Gasteiger partial charge in [-0.05, 0) is 103 Å². The highest BCUT2D eigenvalue weighted by Gasteiger charge is 2.28. The Bertz CT molecular complexity index is 1200. The zero-order chi connectivity index (χ0) is 29.1. The van der Waals surface area contributed by atoms with E-state index in [1.807, 2.05) is 40.7 Å². The summed E-state index contributed by atoms with van der Waals surface area (Å²) < 4.78 is 17.2. The van der Waals surface area contributed by atoms with E-state index in [0.29, 0.717) is 28.4 Å². The topological polar surface area (TPSA) is 78.9 Å². The van der Waals surface area contributed by atoms with Gasteiger partial charge in [-0.1, -0.05) is 20.8 Å². The normalized spacial score (nSPS) is 12.5. The first-order valence-corrected chi connectivity index (χ1v) is 12.9. The highest BCUT2D eigenvalue weighted by molar-refractivity contribution is 6.07. The van der Waals surface area contributed by atoms with Gasteiger partial charge >= 0.3 is 11.9 Å². The number of benzene rings is 2. The average molecular weight is 523 g/mol. The Labute approximate surface area is 227 Å². The van der Waals surface area contributed by atoms with Gasteiger partial charge in [0, 0.05) is 22.8 Å². The third-order valence-electron chi connectivity index (χ3n) is 5.47. The number of rotatable bonds is 7. The number of allylic oxidation sites excluding steroid dienone is 1. The van der Waals surface area contributed by atoms with Gasteiger partial charge in [-0.15, -0.1) is 0 Å². The molecule has 0 unspecified atom stereocenters. The molecule has 0 saturated carbocycles. The van der Waals surface area contributed by atoms with E-state index < -0.39 is 10.8 Å². The Morgan fingerprint density at radius 2 is 1.26 bits per heavy atom. The number of hydrogen-bond acceptors (Lipinski definition) is 6. The molecule has 0 saturated heterocycles. The van der Waals surface area contributed by atoms with Crippen molar-refractivity contribution in [3.05, 3.63) is 59.2 Å². The van der Waals surface area contributed by atoms with E-state index in [0.717, 1.165) is 5.56 Å². The molecule has 0 fully saturated rings. The highest BCUT2D eigenvalue weighted by atomic mass is 16.5.